The molecule has 30 heavy (non-hydrogen) atoms. The minimum Gasteiger partial charge on any atom is -0.497 e. The van der Waals surface area contributed by atoms with E-state index in [1.807, 2.05) is 54.6 Å². The Morgan fingerprint density at radius 2 is 1.27 bits per heavy atom. The highest BCUT2D eigenvalue weighted by Crippen LogP contribution is 2.24. The van der Waals surface area contributed by atoms with Crippen molar-refractivity contribution >= 4 is 23.2 Å². The van der Waals surface area contributed by atoms with Gasteiger partial charge in [-0.05, 0) is 60.7 Å². The number of benzene rings is 3. The number of hydrogen-bond donors (Lipinski definition) is 1. The summed E-state index contributed by atoms with van der Waals surface area (Å²) >= 11 is 0. The fraction of sp³-hybridized carbons (Fsp3) is 0.208. The van der Waals surface area contributed by atoms with E-state index in [0.717, 1.165) is 37.6 Å². The molecule has 4 rings (SSSR count). The van der Waals surface area contributed by atoms with Crippen LogP contribution in [0.25, 0.3) is 0 Å². The lowest BCUT2D eigenvalue weighted by Gasteiger charge is -2.37. The Labute approximate surface area is 176 Å². The highest BCUT2D eigenvalue weighted by molar-refractivity contribution is 5.86. The number of amides is 1. The first-order valence-electron chi connectivity index (χ1n) is 9.99. The number of carbonyl (C=O) groups excluding carboxylic acids is 1. The number of nitrogens with zero attached hydrogens (tertiary/aromatic N) is 2. The topological polar surface area (TPSA) is 54.0 Å². The first-order chi connectivity index (χ1) is 14.7. The predicted molar refractivity (Wildman–Crippen MR) is 120 cm³/mol. The van der Waals surface area contributed by atoms with Crippen LogP contribution in [0.2, 0.25) is 0 Å². The molecule has 6 heteroatoms. The number of nitrogens with one attached hydrogen (secondary N) is 1. The molecule has 1 N–H and O–H groups in total. The van der Waals surface area contributed by atoms with Crippen LogP contribution in [0.5, 0.6) is 11.5 Å². The third-order valence-electron chi connectivity index (χ3n) is 5.15. The maximum Gasteiger partial charge on any atom is 0.417 e. The van der Waals surface area contributed by atoms with Crippen LogP contribution >= 0.6 is 0 Å². The fourth-order valence-corrected chi connectivity index (χ4v) is 3.51. The predicted octanol–water partition coefficient (Wildman–Crippen LogP) is 4.63. The summed E-state index contributed by atoms with van der Waals surface area (Å²) < 4.78 is 10.5. The zero-order chi connectivity index (χ0) is 20.8. The van der Waals surface area contributed by atoms with Gasteiger partial charge in [-0.2, -0.15) is 0 Å². The standard InChI is InChI=1S/C24H25N3O3/c1-29-22-13-11-21(12-14-22)27-17-15-26(16-18-27)20-9-7-19(8-10-20)25-24(28)30-23-5-3-2-4-6-23/h2-14H,15-18H2,1H3,(H,25,28). The molecule has 0 unspecified atom stereocenters. The summed E-state index contributed by atoms with van der Waals surface area (Å²) in [6, 6.07) is 25.1. The largest absolute Gasteiger partial charge is 0.497 e. The molecule has 6 nitrogen and oxygen atoms in total. The molecule has 1 fully saturated rings. The fourth-order valence-electron chi connectivity index (χ4n) is 3.51. The van der Waals surface area contributed by atoms with Crippen LogP contribution in [-0.4, -0.2) is 39.4 Å². The Hall–Kier alpha value is -3.67. The van der Waals surface area contributed by atoms with Crippen LogP contribution in [0.4, 0.5) is 21.9 Å². The average molecular weight is 403 g/mol. The van der Waals surface area contributed by atoms with Crippen molar-refractivity contribution in [2.24, 2.45) is 0 Å². The van der Waals surface area contributed by atoms with Gasteiger partial charge in [0, 0.05) is 43.2 Å². The third kappa shape index (κ3) is 4.84. The first-order valence-corrected chi connectivity index (χ1v) is 9.99. The summed E-state index contributed by atoms with van der Waals surface area (Å²) in [4.78, 5) is 16.8. The normalized spacial score (nSPS) is 13.6. The van der Waals surface area contributed by atoms with Crippen LogP contribution < -0.4 is 24.6 Å². The van der Waals surface area contributed by atoms with Gasteiger partial charge in [-0.15, -0.1) is 0 Å². The molecule has 3 aromatic rings. The Bertz CT molecular complexity index is 951. The van der Waals surface area contributed by atoms with Crippen molar-refractivity contribution in [1.29, 1.82) is 0 Å². The van der Waals surface area contributed by atoms with Gasteiger partial charge in [0.1, 0.15) is 11.5 Å². The summed E-state index contributed by atoms with van der Waals surface area (Å²) in [5.41, 5.74) is 3.06. The maximum absolute atomic E-state index is 12.0. The first kappa shape index (κ1) is 19.6. The number of carbonyl (C=O) groups is 1. The lowest BCUT2D eigenvalue weighted by atomic mass is 10.2. The minimum atomic E-state index is -0.498. The van der Waals surface area contributed by atoms with Crippen molar-refractivity contribution in [3.8, 4) is 11.5 Å². The minimum absolute atomic E-state index is 0.498. The zero-order valence-electron chi connectivity index (χ0n) is 17.0. The molecule has 1 heterocycles. The average Bonchev–Trinajstić information content (AvgIpc) is 2.80. The number of ether oxygens (including phenoxy) is 2. The second-order valence-electron chi connectivity index (χ2n) is 7.05. The number of piperazine rings is 1. The van der Waals surface area contributed by atoms with Crippen molar-refractivity contribution in [2.45, 2.75) is 0 Å². The Balaban J connectivity index is 1.29. The highest BCUT2D eigenvalue weighted by Gasteiger charge is 2.17. The Kier molecular flexibility index (Phi) is 6.03. The van der Waals surface area contributed by atoms with Gasteiger partial charge >= 0.3 is 6.09 Å². The lowest BCUT2D eigenvalue weighted by molar-refractivity contribution is 0.215. The van der Waals surface area contributed by atoms with Crippen molar-refractivity contribution in [2.75, 3.05) is 48.4 Å². The lowest BCUT2D eigenvalue weighted by Crippen LogP contribution is -2.46. The Morgan fingerprint density at radius 3 is 1.80 bits per heavy atom. The van der Waals surface area contributed by atoms with Gasteiger partial charge in [-0.25, -0.2) is 4.79 Å². The SMILES string of the molecule is COc1ccc(N2CCN(c3ccc(NC(=O)Oc4ccccc4)cc3)CC2)cc1. The Morgan fingerprint density at radius 1 is 0.733 bits per heavy atom. The molecule has 0 aliphatic carbocycles. The summed E-state index contributed by atoms with van der Waals surface area (Å²) in [6.45, 7) is 3.79. The zero-order valence-corrected chi connectivity index (χ0v) is 17.0. The van der Waals surface area contributed by atoms with Gasteiger partial charge in [-0.1, -0.05) is 18.2 Å². The van der Waals surface area contributed by atoms with E-state index in [0.29, 0.717) is 11.4 Å². The molecular weight excluding hydrogens is 378 g/mol. The van der Waals surface area contributed by atoms with Crippen molar-refractivity contribution in [1.82, 2.24) is 0 Å². The molecule has 154 valence electrons. The molecular formula is C24H25N3O3. The van der Waals surface area contributed by atoms with Gasteiger partial charge in [0.2, 0.25) is 0 Å². The molecule has 1 aliphatic heterocycles. The molecule has 1 amide bonds. The van der Waals surface area contributed by atoms with E-state index in [-0.39, 0.29) is 0 Å². The van der Waals surface area contributed by atoms with E-state index < -0.39 is 6.09 Å². The summed E-state index contributed by atoms with van der Waals surface area (Å²) in [6.07, 6.45) is -0.498. The highest BCUT2D eigenvalue weighted by atomic mass is 16.6. The van der Waals surface area contributed by atoms with Gasteiger partial charge in [0.15, 0.2) is 0 Å². The number of hydrogen-bond acceptors (Lipinski definition) is 5. The van der Waals surface area contributed by atoms with E-state index in [9.17, 15) is 4.79 Å². The monoisotopic (exact) mass is 403 g/mol. The summed E-state index contributed by atoms with van der Waals surface area (Å²) in [7, 11) is 1.68. The van der Waals surface area contributed by atoms with Crippen LogP contribution in [-0.2, 0) is 0 Å². The van der Waals surface area contributed by atoms with Crippen molar-refractivity contribution in [3.63, 3.8) is 0 Å². The van der Waals surface area contributed by atoms with E-state index in [4.69, 9.17) is 9.47 Å². The smallest absolute Gasteiger partial charge is 0.417 e. The molecule has 0 atom stereocenters. The van der Waals surface area contributed by atoms with Crippen LogP contribution in [0.3, 0.4) is 0 Å². The van der Waals surface area contributed by atoms with Gasteiger partial charge in [0.05, 0.1) is 7.11 Å². The molecule has 0 aromatic heterocycles. The van der Waals surface area contributed by atoms with Gasteiger partial charge in [-0.3, -0.25) is 5.32 Å². The molecule has 0 radical (unpaired) electrons. The third-order valence-corrected chi connectivity index (χ3v) is 5.15. The van der Waals surface area contributed by atoms with Crippen LogP contribution in [0, 0.1) is 0 Å². The molecule has 1 aliphatic rings. The van der Waals surface area contributed by atoms with Crippen molar-refractivity contribution < 1.29 is 14.3 Å². The van der Waals surface area contributed by atoms with Crippen LogP contribution in [0.1, 0.15) is 0 Å². The molecule has 3 aromatic carbocycles. The second-order valence-corrected chi connectivity index (χ2v) is 7.05. The van der Waals surface area contributed by atoms with E-state index in [2.05, 4.69) is 27.2 Å². The number of para-hydroxylation sites is 1. The van der Waals surface area contributed by atoms with Gasteiger partial charge in [0.25, 0.3) is 0 Å². The van der Waals surface area contributed by atoms with E-state index in [1.165, 1.54) is 5.69 Å². The van der Waals surface area contributed by atoms with Crippen LogP contribution in [0.15, 0.2) is 78.9 Å². The molecule has 1 saturated heterocycles. The maximum atomic E-state index is 12.0. The summed E-state index contributed by atoms with van der Waals surface area (Å²) in [5.74, 6) is 1.39. The van der Waals surface area contributed by atoms with E-state index >= 15 is 0 Å². The van der Waals surface area contributed by atoms with Crippen molar-refractivity contribution in [3.05, 3.63) is 78.9 Å². The molecule has 0 spiro atoms. The summed E-state index contributed by atoms with van der Waals surface area (Å²) in [5, 5.41) is 2.76. The number of anilines is 3. The second kappa shape index (κ2) is 9.22. The quantitative estimate of drug-likeness (QED) is 0.673. The molecule has 0 saturated carbocycles. The van der Waals surface area contributed by atoms with E-state index in [1.54, 1.807) is 19.2 Å². The van der Waals surface area contributed by atoms with Gasteiger partial charge < -0.3 is 19.3 Å². The number of methoxy groups -OCH3 is 1. The molecule has 0 bridgehead atoms. The number of rotatable bonds is 5.